The SMILES string of the molecule is O=C(NCc1cccs1)c1ccc2nsnc2c1. The molecule has 0 atom stereocenters. The van der Waals surface area contributed by atoms with Crippen molar-refractivity contribution in [1.29, 1.82) is 0 Å². The Morgan fingerprint density at radius 1 is 1.22 bits per heavy atom. The van der Waals surface area contributed by atoms with Gasteiger partial charge < -0.3 is 5.32 Å². The van der Waals surface area contributed by atoms with Crippen LogP contribution in [0.5, 0.6) is 0 Å². The summed E-state index contributed by atoms with van der Waals surface area (Å²) in [6, 6.07) is 9.33. The Hall–Kier alpha value is -1.79. The Morgan fingerprint density at radius 3 is 2.94 bits per heavy atom. The lowest BCUT2D eigenvalue weighted by atomic mass is 10.2. The molecule has 3 aromatic rings. The van der Waals surface area contributed by atoms with E-state index in [0.717, 1.165) is 27.6 Å². The summed E-state index contributed by atoms with van der Waals surface area (Å²) in [5, 5.41) is 4.88. The third kappa shape index (κ3) is 2.25. The first kappa shape index (κ1) is 11.3. The van der Waals surface area contributed by atoms with Crippen LogP contribution in [0.4, 0.5) is 0 Å². The molecule has 6 heteroatoms. The van der Waals surface area contributed by atoms with Gasteiger partial charge in [0, 0.05) is 10.4 Å². The third-order valence-electron chi connectivity index (χ3n) is 2.52. The number of benzene rings is 1. The number of fused-ring (bicyclic) bond motifs is 1. The van der Waals surface area contributed by atoms with Crippen LogP contribution in [-0.4, -0.2) is 14.7 Å². The highest BCUT2D eigenvalue weighted by Gasteiger charge is 2.08. The maximum atomic E-state index is 12.0. The molecule has 0 bridgehead atoms. The summed E-state index contributed by atoms with van der Waals surface area (Å²) < 4.78 is 8.23. The van der Waals surface area contributed by atoms with Crippen LogP contribution in [0.1, 0.15) is 15.2 Å². The van der Waals surface area contributed by atoms with Crippen molar-refractivity contribution in [3.8, 4) is 0 Å². The molecule has 1 aromatic carbocycles. The minimum Gasteiger partial charge on any atom is -0.347 e. The van der Waals surface area contributed by atoms with Crippen LogP contribution in [0, 0.1) is 0 Å². The fourth-order valence-corrected chi connectivity index (χ4v) is 2.77. The zero-order valence-electron chi connectivity index (χ0n) is 9.29. The number of hydrogen-bond acceptors (Lipinski definition) is 5. The average molecular weight is 275 g/mol. The highest BCUT2D eigenvalue weighted by molar-refractivity contribution is 7.09. The average Bonchev–Trinajstić information content (AvgIpc) is 3.05. The molecule has 0 aliphatic heterocycles. The Bertz CT molecular complexity index is 676. The summed E-state index contributed by atoms with van der Waals surface area (Å²) in [6.07, 6.45) is 0. The number of carbonyl (C=O) groups excluding carboxylic acids is 1. The summed E-state index contributed by atoms with van der Waals surface area (Å²) in [5.74, 6) is -0.0849. The topological polar surface area (TPSA) is 54.9 Å². The molecular weight excluding hydrogens is 266 g/mol. The summed E-state index contributed by atoms with van der Waals surface area (Å²) >= 11 is 2.78. The predicted octanol–water partition coefficient (Wildman–Crippen LogP) is 2.68. The number of hydrogen-bond donors (Lipinski definition) is 1. The molecule has 2 aromatic heterocycles. The Kier molecular flexibility index (Phi) is 3.04. The van der Waals surface area contributed by atoms with Crippen molar-refractivity contribution >= 4 is 40.0 Å². The molecule has 0 radical (unpaired) electrons. The number of nitrogens with zero attached hydrogens (tertiary/aromatic N) is 2. The fourth-order valence-electron chi connectivity index (χ4n) is 1.61. The van der Waals surface area contributed by atoms with Gasteiger partial charge in [-0.25, -0.2) is 0 Å². The van der Waals surface area contributed by atoms with Crippen molar-refractivity contribution in [2.45, 2.75) is 6.54 Å². The van der Waals surface area contributed by atoms with Gasteiger partial charge in [0.1, 0.15) is 11.0 Å². The smallest absolute Gasteiger partial charge is 0.251 e. The Balaban J connectivity index is 1.75. The van der Waals surface area contributed by atoms with E-state index in [4.69, 9.17) is 0 Å². The van der Waals surface area contributed by atoms with Gasteiger partial charge in [-0.2, -0.15) is 8.75 Å². The second-order valence-electron chi connectivity index (χ2n) is 3.73. The molecule has 4 nitrogen and oxygen atoms in total. The number of thiophene rings is 1. The van der Waals surface area contributed by atoms with Crippen molar-refractivity contribution in [2.24, 2.45) is 0 Å². The molecule has 3 rings (SSSR count). The Labute approximate surface area is 112 Å². The van der Waals surface area contributed by atoms with E-state index in [-0.39, 0.29) is 5.91 Å². The maximum Gasteiger partial charge on any atom is 0.251 e. The van der Waals surface area contributed by atoms with Crippen LogP contribution in [0.3, 0.4) is 0 Å². The van der Waals surface area contributed by atoms with Crippen molar-refractivity contribution in [2.75, 3.05) is 0 Å². The van der Waals surface area contributed by atoms with E-state index in [1.807, 2.05) is 23.6 Å². The quantitative estimate of drug-likeness (QED) is 0.799. The fraction of sp³-hybridized carbons (Fsp3) is 0.0833. The van der Waals surface area contributed by atoms with Crippen LogP contribution < -0.4 is 5.32 Å². The number of nitrogens with one attached hydrogen (secondary N) is 1. The first-order chi connectivity index (χ1) is 8.83. The van der Waals surface area contributed by atoms with Crippen LogP contribution in [-0.2, 0) is 6.54 Å². The van der Waals surface area contributed by atoms with Gasteiger partial charge in [0.05, 0.1) is 18.3 Å². The Morgan fingerprint density at radius 2 is 2.11 bits per heavy atom. The zero-order chi connectivity index (χ0) is 12.4. The van der Waals surface area contributed by atoms with E-state index in [9.17, 15) is 4.79 Å². The second-order valence-corrected chi connectivity index (χ2v) is 5.29. The summed E-state index contributed by atoms with van der Waals surface area (Å²) in [7, 11) is 0. The zero-order valence-corrected chi connectivity index (χ0v) is 10.9. The van der Waals surface area contributed by atoms with Crippen molar-refractivity contribution < 1.29 is 4.79 Å². The van der Waals surface area contributed by atoms with Gasteiger partial charge in [0.25, 0.3) is 5.91 Å². The number of amides is 1. The van der Waals surface area contributed by atoms with Gasteiger partial charge in [-0.3, -0.25) is 4.79 Å². The lowest BCUT2D eigenvalue weighted by Gasteiger charge is -2.03. The van der Waals surface area contributed by atoms with Crippen LogP contribution >= 0.6 is 23.1 Å². The second kappa shape index (κ2) is 4.83. The van der Waals surface area contributed by atoms with Gasteiger partial charge in [-0.15, -0.1) is 11.3 Å². The van der Waals surface area contributed by atoms with E-state index in [0.29, 0.717) is 12.1 Å². The van der Waals surface area contributed by atoms with Gasteiger partial charge >= 0.3 is 0 Å². The van der Waals surface area contributed by atoms with E-state index >= 15 is 0 Å². The van der Waals surface area contributed by atoms with Gasteiger partial charge in [0.2, 0.25) is 0 Å². The van der Waals surface area contributed by atoms with Gasteiger partial charge in [-0.05, 0) is 29.6 Å². The third-order valence-corrected chi connectivity index (χ3v) is 3.95. The lowest BCUT2D eigenvalue weighted by Crippen LogP contribution is -2.22. The minimum absolute atomic E-state index is 0.0849. The standard InChI is InChI=1S/C12H9N3OS2/c16-12(13-7-9-2-1-5-17-9)8-3-4-10-11(6-8)15-18-14-10/h1-6H,7H2,(H,13,16). The predicted molar refractivity (Wildman–Crippen MR) is 72.9 cm³/mol. The van der Waals surface area contributed by atoms with E-state index in [1.165, 1.54) is 0 Å². The monoisotopic (exact) mass is 275 g/mol. The minimum atomic E-state index is -0.0849. The van der Waals surface area contributed by atoms with Crippen molar-refractivity contribution in [3.63, 3.8) is 0 Å². The highest BCUT2D eigenvalue weighted by Crippen LogP contribution is 2.14. The molecule has 0 aliphatic rings. The molecular formula is C12H9N3OS2. The van der Waals surface area contributed by atoms with E-state index in [1.54, 1.807) is 23.5 Å². The largest absolute Gasteiger partial charge is 0.347 e. The molecule has 0 aliphatic carbocycles. The van der Waals surface area contributed by atoms with E-state index < -0.39 is 0 Å². The molecule has 0 saturated heterocycles. The molecule has 2 heterocycles. The number of aromatic nitrogens is 2. The molecule has 1 N–H and O–H groups in total. The number of carbonyl (C=O) groups is 1. The van der Waals surface area contributed by atoms with Crippen LogP contribution in [0.15, 0.2) is 35.7 Å². The van der Waals surface area contributed by atoms with Crippen molar-refractivity contribution in [1.82, 2.24) is 14.1 Å². The molecule has 0 fully saturated rings. The highest BCUT2D eigenvalue weighted by atomic mass is 32.1. The summed E-state index contributed by atoms with van der Waals surface area (Å²) in [5.41, 5.74) is 2.21. The van der Waals surface area contributed by atoms with E-state index in [2.05, 4.69) is 14.1 Å². The maximum absolute atomic E-state index is 12.0. The molecule has 0 unspecified atom stereocenters. The summed E-state index contributed by atoms with van der Waals surface area (Å²) in [6.45, 7) is 0.559. The molecule has 0 spiro atoms. The first-order valence-corrected chi connectivity index (χ1v) is 6.97. The van der Waals surface area contributed by atoms with Crippen LogP contribution in [0.2, 0.25) is 0 Å². The lowest BCUT2D eigenvalue weighted by molar-refractivity contribution is 0.0951. The summed E-state index contributed by atoms with van der Waals surface area (Å²) in [4.78, 5) is 13.1. The first-order valence-electron chi connectivity index (χ1n) is 5.36. The van der Waals surface area contributed by atoms with Gasteiger partial charge in [-0.1, -0.05) is 6.07 Å². The van der Waals surface area contributed by atoms with Gasteiger partial charge in [0.15, 0.2) is 0 Å². The van der Waals surface area contributed by atoms with Crippen molar-refractivity contribution in [3.05, 3.63) is 46.2 Å². The molecule has 18 heavy (non-hydrogen) atoms. The normalized spacial score (nSPS) is 10.7. The molecule has 0 saturated carbocycles. The molecule has 1 amide bonds. The molecule has 90 valence electrons. The number of rotatable bonds is 3. The van der Waals surface area contributed by atoms with Crippen LogP contribution in [0.25, 0.3) is 11.0 Å².